The zero-order valence-electron chi connectivity index (χ0n) is 12.4. The number of amides is 1. The highest BCUT2D eigenvalue weighted by Gasteiger charge is 2.23. The van der Waals surface area contributed by atoms with Crippen LogP contribution in [0.1, 0.15) is 24.2 Å². The average Bonchev–Trinajstić information content (AvgIpc) is 2.48. The number of hydrogen-bond donors (Lipinski definition) is 0. The van der Waals surface area contributed by atoms with E-state index in [1.807, 2.05) is 6.92 Å². The number of nitrogens with zero attached hydrogens (tertiary/aromatic N) is 1. The Morgan fingerprint density at radius 1 is 1.41 bits per heavy atom. The van der Waals surface area contributed by atoms with Gasteiger partial charge in [-0.15, -0.1) is 0 Å². The number of carbonyl (C=O) groups excluding carboxylic acids is 2. The van der Waals surface area contributed by atoms with Gasteiger partial charge >= 0.3 is 0 Å². The highest BCUT2D eigenvalue weighted by Crippen LogP contribution is 2.35. The maximum absolute atomic E-state index is 12.2. The van der Waals surface area contributed by atoms with Crippen LogP contribution in [0.15, 0.2) is 12.1 Å². The third-order valence-corrected chi connectivity index (χ3v) is 4.15. The number of Topliss-reactive ketones (excluding diaryl/α,β-unsaturated/α-hetero) is 1. The fourth-order valence-electron chi connectivity index (χ4n) is 2.22. The highest BCUT2D eigenvalue weighted by molar-refractivity contribution is 6.43. The molecule has 1 aliphatic heterocycles. The summed E-state index contributed by atoms with van der Waals surface area (Å²) in [5.74, 6) is -0.238. The Morgan fingerprint density at radius 2 is 2.14 bits per heavy atom. The zero-order valence-corrected chi connectivity index (χ0v) is 13.9. The Bertz CT molecular complexity index is 591. The zero-order chi connectivity index (χ0) is 16.3. The van der Waals surface area contributed by atoms with Crippen LogP contribution in [0.5, 0.6) is 5.75 Å². The number of ether oxygens (including phenoxy) is 2. The van der Waals surface area contributed by atoms with E-state index in [9.17, 15) is 9.59 Å². The van der Waals surface area contributed by atoms with Crippen molar-refractivity contribution in [3.05, 3.63) is 27.7 Å². The quantitative estimate of drug-likeness (QED) is 0.787. The van der Waals surface area contributed by atoms with Crippen LogP contribution in [0.2, 0.25) is 10.0 Å². The molecular weight excluding hydrogens is 329 g/mol. The van der Waals surface area contributed by atoms with Gasteiger partial charge in [0, 0.05) is 13.1 Å². The Kier molecular flexibility index (Phi) is 5.67. The predicted molar refractivity (Wildman–Crippen MR) is 84.0 cm³/mol. The van der Waals surface area contributed by atoms with Crippen molar-refractivity contribution in [2.75, 3.05) is 26.3 Å². The molecule has 0 spiro atoms. The highest BCUT2D eigenvalue weighted by atomic mass is 35.5. The first-order valence-electron chi connectivity index (χ1n) is 6.91. The maximum atomic E-state index is 12.2. The number of carbonyl (C=O) groups is 2. The van der Waals surface area contributed by atoms with Gasteiger partial charge in [-0.25, -0.2) is 0 Å². The van der Waals surface area contributed by atoms with Gasteiger partial charge in [-0.1, -0.05) is 23.2 Å². The molecule has 7 heteroatoms. The van der Waals surface area contributed by atoms with Gasteiger partial charge in [0.2, 0.25) is 0 Å². The van der Waals surface area contributed by atoms with E-state index in [1.54, 1.807) is 4.90 Å². The van der Waals surface area contributed by atoms with E-state index in [1.165, 1.54) is 19.1 Å². The van der Waals surface area contributed by atoms with Gasteiger partial charge in [0.15, 0.2) is 18.1 Å². The van der Waals surface area contributed by atoms with Crippen LogP contribution in [0, 0.1) is 0 Å². The maximum Gasteiger partial charge on any atom is 0.260 e. The van der Waals surface area contributed by atoms with Crippen LogP contribution in [-0.2, 0) is 9.53 Å². The summed E-state index contributed by atoms with van der Waals surface area (Å²) in [5, 5.41) is 0.409. The van der Waals surface area contributed by atoms with Gasteiger partial charge in [0.05, 0.1) is 23.3 Å². The number of ketones is 1. The van der Waals surface area contributed by atoms with Crippen molar-refractivity contribution in [2.24, 2.45) is 0 Å². The minimum absolute atomic E-state index is 0.000221. The van der Waals surface area contributed by atoms with Crippen LogP contribution >= 0.6 is 23.2 Å². The normalized spacial score (nSPS) is 18.2. The summed E-state index contributed by atoms with van der Waals surface area (Å²) < 4.78 is 10.9. The summed E-state index contributed by atoms with van der Waals surface area (Å²) in [5.41, 5.74) is 0.303. The standard InChI is InChI=1S/C15H17Cl2NO4/c1-9-7-18(5-6-21-9)13(20)8-22-15-11(10(2)19)3-4-12(16)14(15)17/h3-4,9H,5-8H2,1-2H3/t9-/m1/s1. The predicted octanol–water partition coefficient (Wildman–Crippen LogP) is 2.82. The fraction of sp³-hybridized carbons (Fsp3) is 0.467. The molecule has 1 aromatic carbocycles. The molecule has 1 atom stereocenters. The second-order valence-corrected chi connectivity index (χ2v) is 5.89. The number of benzene rings is 1. The molecule has 5 nitrogen and oxygen atoms in total. The second kappa shape index (κ2) is 7.31. The minimum atomic E-state index is -0.207. The molecule has 1 heterocycles. The van der Waals surface area contributed by atoms with Crippen LogP contribution in [0.4, 0.5) is 0 Å². The minimum Gasteiger partial charge on any atom is -0.481 e. The summed E-state index contributed by atoms with van der Waals surface area (Å²) in [6.07, 6.45) is 0.000221. The third kappa shape index (κ3) is 3.91. The Balaban J connectivity index is 2.09. The van der Waals surface area contributed by atoms with Crippen molar-refractivity contribution < 1.29 is 19.1 Å². The topological polar surface area (TPSA) is 55.8 Å². The van der Waals surface area contributed by atoms with Gasteiger partial charge in [-0.05, 0) is 26.0 Å². The number of halogens is 2. The summed E-state index contributed by atoms with van der Waals surface area (Å²) in [6, 6.07) is 3.06. The molecule has 0 radical (unpaired) electrons. The molecule has 22 heavy (non-hydrogen) atoms. The summed E-state index contributed by atoms with van der Waals surface area (Å²) in [4.78, 5) is 25.5. The van der Waals surface area contributed by atoms with Gasteiger partial charge in [-0.2, -0.15) is 0 Å². The molecule has 1 amide bonds. The Labute approximate surface area is 139 Å². The Hall–Kier alpha value is -1.30. The molecule has 0 N–H and O–H groups in total. The van der Waals surface area contributed by atoms with E-state index < -0.39 is 0 Å². The Morgan fingerprint density at radius 3 is 2.77 bits per heavy atom. The van der Waals surface area contributed by atoms with E-state index in [0.717, 1.165) is 0 Å². The average molecular weight is 346 g/mol. The van der Waals surface area contributed by atoms with Crippen molar-refractivity contribution in [3.63, 3.8) is 0 Å². The fourth-order valence-corrected chi connectivity index (χ4v) is 2.59. The second-order valence-electron chi connectivity index (χ2n) is 5.10. The van der Waals surface area contributed by atoms with E-state index >= 15 is 0 Å². The van der Waals surface area contributed by atoms with Gasteiger partial charge in [0.25, 0.3) is 5.91 Å². The van der Waals surface area contributed by atoms with Crippen molar-refractivity contribution in [1.82, 2.24) is 4.90 Å². The van der Waals surface area contributed by atoms with Crippen LogP contribution < -0.4 is 4.74 Å². The summed E-state index contributed by atoms with van der Waals surface area (Å²) in [7, 11) is 0. The lowest BCUT2D eigenvalue weighted by Crippen LogP contribution is -2.46. The van der Waals surface area contributed by atoms with Crippen molar-refractivity contribution in [1.29, 1.82) is 0 Å². The third-order valence-electron chi connectivity index (χ3n) is 3.36. The summed E-state index contributed by atoms with van der Waals surface area (Å²) >= 11 is 12.0. The first kappa shape index (κ1) is 17.1. The molecule has 2 rings (SSSR count). The van der Waals surface area contributed by atoms with Crippen LogP contribution in [0.3, 0.4) is 0 Å². The first-order valence-corrected chi connectivity index (χ1v) is 7.67. The first-order chi connectivity index (χ1) is 10.4. The van der Waals surface area contributed by atoms with E-state index in [2.05, 4.69) is 0 Å². The smallest absolute Gasteiger partial charge is 0.260 e. The van der Waals surface area contributed by atoms with Gasteiger partial charge in [0.1, 0.15) is 5.02 Å². The van der Waals surface area contributed by atoms with E-state index in [4.69, 9.17) is 32.7 Å². The monoisotopic (exact) mass is 345 g/mol. The largest absolute Gasteiger partial charge is 0.481 e. The molecule has 1 saturated heterocycles. The lowest BCUT2D eigenvalue weighted by molar-refractivity contribution is -0.140. The number of hydrogen-bond acceptors (Lipinski definition) is 4. The van der Waals surface area contributed by atoms with Gasteiger partial charge in [-0.3, -0.25) is 9.59 Å². The van der Waals surface area contributed by atoms with Crippen molar-refractivity contribution >= 4 is 34.9 Å². The molecule has 0 saturated carbocycles. The van der Waals surface area contributed by atoms with Crippen molar-refractivity contribution in [2.45, 2.75) is 20.0 Å². The SMILES string of the molecule is CC(=O)c1ccc(Cl)c(Cl)c1OCC(=O)N1CCO[C@H](C)C1. The molecule has 1 aromatic rings. The van der Waals surface area contributed by atoms with Gasteiger partial charge < -0.3 is 14.4 Å². The molecule has 0 unspecified atom stereocenters. The molecule has 1 fully saturated rings. The number of morpholine rings is 1. The lowest BCUT2D eigenvalue weighted by atomic mass is 10.1. The molecule has 1 aliphatic rings. The molecule has 120 valence electrons. The lowest BCUT2D eigenvalue weighted by Gasteiger charge is -2.31. The van der Waals surface area contributed by atoms with Crippen molar-refractivity contribution in [3.8, 4) is 5.75 Å². The molecule has 0 aliphatic carbocycles. The molecular formula is C15H17Cl2NO4. The van der Waals surface area contributed by atoms with E-state index in [-0.39, 0.29) is 40.2 Å². The van der Waals surface area contributed by atoms with E-state index in [0.29, 0.717) is 25.3 Å². The van der Waals surface area contributed by atoms with Crippen LogP contribution in [-0.4, -0.2) is 49.0 Å². The molecule has 0 aromatic heterocycles. The molecule has 0 bridgehead atoms. The number of rotatable bonds is 4. The van der Waals surface area contributed by atoms with Crippen LogP contribution in [0.25, 0.3) is 0 Å². The summed E-state index contributed by atoms with van der Waals surface area (Å²) in [6.45, 7) is 4.65.